The van der Waals surface area contributed by atoms with E-state index in [0.29, 0.717) is 6.61 Å². The Bertz CT molecular complexity index is 664. The molecule has 0 bridgehead atoms. The minimum atomic E-state index is -0.561. The molecule has 1 N–H and O–H groups in total. The van der Waals surface area contributed by atoms with Crippen LogP contribution < -0.4 is 10.1 Å². The van der Waals surface area contributed by atoms with E-state index >= 15 is 0 Å². The van der Waals surface area contributed by atoms with Gasteiger partial charge in [0, 0.05) is 12.0 Å². The summed E-state index contributed by atoms with van der Waals surface area (Å²) in [6.45, 7) is 4.56. The van der Waals surface area contributed by atoms with Crippen molar-refractivity contribution in [1.29, 1.82) is 0 Å². The van der Waals surface area contributed by atoms with Gasteiger partial charge in [0.1, 0.15) is 5.75 Å². The van der Waals surface area contributed by atoms with Crippen molar-refractivity contribution in [2.75, 3.05) is 6.61 Å². The molecule has 0 saturated carbocycles. The Morgan fingerprint density at radius 2 is 1.77 bits per heavy atom. The van der Waals surface area contributed by atoms with Gasteiger partial charge in [0.05, 0.1) is 18.1 Å². The molecule has 1 amide bonds. The zero-order valence-corrected chi connectivity index (χ0v) is 13.0. The van der Waals surface area contributed by atoms with E-state index in [1.165, 1.54) is 0 Å². The highest BCUT2D eigenvalue weighted by atomic mass is 16.5. The van der Waals surface area contributed by atoms with Crippen molar-refractivity contribution in [2.45, 2.75) is 31.7 Å². The van der Waals surface area contributed by atoms with Crippen LogP contribution >= 0.6 is 0 Å². The molecule has 1 heterocycles. The van der Waals surface area contributed by atoms with Gasteiger partial charge in [0.25, 0.3) is 0 Å². The number of rotatable bonds is 3. The van der Waals surface area contributed by atoms with Crippen molar-refractivity contribution in [1.82, 2.24) is 5.32 Å². The molecule has 2 aromatic carbocycles. The van der Waals surface area contributed by atoms with Gasteiger partial charge in [-0.25, -0.2) is 0 Å². The van der Waals surface area contributed by atoms with Crippen LogP contribution in [0.25, 0.3) is 0 Å². The lowest BCUT2D eigenvalue weighted by Gasteiger charge is -2.31. The van der Waals surface area contributed by atoms with Gasteiger partial charge < -0.3 is 10.1 Å². The molecule has 114 valence electrons. The van der Waals surface area contributed by atoms with E-state index in [2.05, 4.69) is 5.32 Å². The van der Waals surface area contributed by atoms with E-state index in [9.17, 15) is 4.79 Å². The molecule has 0 spiro atoms. The van der Waals surface area contributed by atoms with Crippen LogP contribution in [-0.4, -0.2) is 12.5 Å². The number of para-hydroxylation sites is 1. The molecular weight excluding hydrogens is 274 g/mol. The van der Waals surface area contributed by atoms with E-state index in [-0.39, 0.29) is 11.9 Å². The van der Waals surface area contributed by atoms with Crippen molar-refractivity contribution in [3.05, 3.63) is 65.7 Å². The number of benzene rings is 2. The largest absolute Gasteiger partial charge is 0.493 e. The molecule has 0 aliphatic carbocycles. The maximum Gasteiger partial charge on any atom is 0.230 e. The van der Waals surface area contributed by atoms with E-state index < -0.39 is 5.41 Å². The van der Waals surface area contributed by atoms with Crippen molar-refractivity contribution < 1.29 is 9.53 Å². The predicted molar refractivity (Wildman–Crippen MR) is 86.9 cm³/mol. The number of carbonyl (C=O) groups is 1. The van der Waals surface area contributed by atoms with Gasteiger partial charge in [-0.05, 0) is 25.5 Å². The average molecular weight is 295 g/mol. The highest BCUT2D eigenvalue weighted by Gasteiger charge is 2.32. The fourth-order valence-electron chi connectivity index (χ4n) is 2.82. The van der Waals surface area contributed by atoms with Crippen LogP contribution in [0.1, 0.15) is 37.4 Å². The molecule has 0 saturated heterocycles. The SMILES string of the molecule is CC(C)(C(=O)N[C@@H]1CCOc2ccccc21)c1ccccc1. The topological polar surface area (TPSA) is 38.3 Å². The monoisotopic (exact) mass is 295 g/mol. The zero-order valence-electron chi connectivity index (χ0n) is 13.0. The fourth-order valence-corrected chi connectivity index (χ4v) is 2.82. The third-order valence-electron chi connectivity index (χ3n) is 4.33. The van der Waals surface area contributed by atoms with Crippen LogP contribution in [-0.2, 0) is 10.2 Å². The Balaban J connectivity index is 1.81. The summed E-state index contributed by atoms with van der Waals surface area (Å²) in [5.41, 5.74) is 1.52. The van der Waals surface area contributed by atoms with Crippen molar-refractivity contribution in [3.8, 4) is 5.75 Å². The summed E-state index contributed by atoms with van der Waals surface area (Å²) < 4.78 is 5.65. The Kier molecular flexibility index (Phi) is 3.88. The number of carbonyl (C=O) groups excluding carboxylic acids is 1. The smallest absolute Gasteiger partial charge is 0.230 e. The maximum atomic E-state index is 12.8. The molecule has 0 unspecified atom stereocenters. The molecule has 3 nitrogen and oxygen atoms in total. The van der Waals surface area contributed by atoms with Crippen LogP contribution in [0, 0.1) is 0 Å². The summed E-state index contributed by atoms with van der Waals surface area (Å²) in [7, 11) is 0. The highest BCUT2D eigenvalue weighted by molar-refractivity contribution is 5.87. The second kappa shape index (κ2) is 5.84. The average Bonchev–Trinajstić information content (AvgIpc) is 2.56. The lowest BCUT2D eigenvalue weighted by atomic mass is 9.83. The van der Waals surface area contributed by atoms with Gasteiger partial charge in [0.2, 0.25) is 5.91 Å². The molecule has 1 aliphatic heterocycles. The van der Waals surface area contributed by atoms with Crippen LogP contribution in [0.15, 0.2) is 54.6 Å². The Labute approximate surface area is 131 Å². The molecule has 0 fully saturated rings. The van der Waals surface area contributed by atoms with Crippen LogP contribution in [0.5, 0.6) is 5.75 Å². The minimum Gasteiger partial charge on any atom is -0.493 e. The van der Waals surface area contributed by atoms with Crippen molar-refractivity contribution in [3.63, 3.8) is 0 Å². The van der Waals surface area contributed by atoms with Crippen LogP contribution in [0.4, 0.5) is 0 Å². The van der Waals surface area contributed by atoms with Gasteiger partial charge in [0.15, 0.2) is 0 Å². The van der Waals surface area contributed by atoms with Crippen LogP contribution in [0.3, 0.4) is 0 Å². The molecule has 0 radical (unpaired) electrons. The molecule has 1 atom stereocenters. The van der Waals surface area contributed by atoms with Gasteiger partial charge >= 0.3 is 0 Å². The number of nitrogens with one attached hydrogen (secondary N) is 1. The Morgan fingerprint density at radius 1 is 1.09 bits per heavy atom. The summed E-state index contributed by atoms with van der Waals surface area (Å²) in [6, 6.07) is 17.8. The standard InChI is InChI=1S/C19H21NO2/c1-19(2,14-8-4-3-5-9-14)18(21)20-16-12-13-22-17-11-7-6-10-15(16)17/h3-11,16H,12-13H2,1-2H3,(H,20,21)/t16-/m1/s1. The van der Waals surface area contributed by atoms with Gasteiger partial charge in [-0.15, -0.1) is 0 Å². The first-order valence-corrected chi connectivity index (χ1v) is 7.67. The Morgan fingerprint density at radius 3 is 2.55 bits per heavy atom. The number of ether oxygens (including phenoxy) is 1. The van der Waals surface area contributed by atoms with Gasteiger partial charge in [-0.1, -0.05) is 48.5 Å². The number of fused-ring (bicyclic) bond motifs is 1. The summed E-state index contributed by atoms with van der Waals surface area (Å²) in [4.78, 5) is 12.8. The lowest BCUT2D eigenvalue weighted by molar-refractivity contribution is -0.126. The second-order valence-electron chi connectivity index (χ2n) is 6.19. The number of amides is 1. The quantitative estimate of drug-likeness (QED) is 0.939. The summed E-state index contributed by atoms with van der Waals surface area (Å²) in [5, 5.41) is 3.19. The van der Waals surface area contributed by atoms with Gasteiger partial charge in [-0.3, -0.25) is 4.79 Å². The maximum absolute atomic E-state index is 12.8. The van der Waals surface area contributed by atoms with Crippen LogP contribution in [0.2, 0.25) is 0 Å². The number of hydrogen-bond acceptors (Lipinski definition) is 2. The fraction of sp³-hybridized carbons (Fsp3) is 0.316. The third-order valence-corrected chi connectivity index (χ3v) is 4.33. The third kappa shape index (κ3) is 2.71. The lowest BCUT2D eigenvalue weighted by Crippen LogP contribution is -2.43. The minimum absolute atomic E-state index is 0.0143. The molecule has 22 heavy (non-hydrogen) atoms. The summed E-state index contributed by atoms with van der Waals surface area (Å²) >= 11 is 0. The highest BCUT2D eigenvalue weighted by Crippen LogP contribution is 2.33. The van der Waals surface area contributed by atoms with E-state index in [1.807, 2.05) is 68.4 Å². The second-order valence-corrected chi connectivity index (χ2v) is 6.19. The van der Waals surface area contributed by atoms with E-state index in [0.717, 1.165) is 23.3 Å². The van der Waals surface area contributed by atoms with E-state index in [1.54, 1.807) is 0 Å². The molecule has 3 heteroatoms. The predicted octanol–water partition coefficient (Wildman–Crippen LogP) is 3.60. The Hall–Kier alpha value is -2.29. The number of hydrogen-bond donors (Lipinski definition) is 1. The first-order chi connectivity index (χ1) is 10.6. The molecule has 0 aromatic heterocycles. The normalized spacial score (nSPS) is 17.3. The molecular formula is C19H21NO2. The summed E-state index contributed by atoms with van der Waals surface area (Å²) in [5.74, 6) is 0.914. The van der Waals surface area contributed by atoms with Crippen molar-refractivity contribution >= 4 is 5.91 Å². The first-order valence-electron chi connectivity index (χ1n) is 7.67. The molecule has 1 aliphatic rings. The summed E-state index contributed by atoms with van der Waals surface area (Å²) in [6.07, 6.45) is 0.799. The van der Waals surface area contributed by atoms with Gasteiger partial charge in [-0.2, -0.15) is 0 Å². The van der Waals surface area contributed by atoms with E-state index in [4.69, 9.17) is 4.74 Å². The molecule has 2 aromatic rings. The van der Waals surface area contributed by atoms with Crippen molar-refractivity contribution in [2.24, 2.45) is 0 Å². The first kappa shape index (κ1) is 14.6. The zero-order chi connectivity index (χ0) is 15.6. The molecule has 3 rings (SSSR count).